The number of aliphatic hydroxyl groups excluding tert-OH is 2. The Balaban J connectivity index is 4.61. The molecule has 0 aliphatic heterocycles. The summed E-state index contributed by atoms with van der Waals surface area (Å²) in [5.74, 6) is -0.527. The zero-order chi connectivity index (χ0) is 41.0. The fraction of sp³-hybridized carbons (Fsp3) is 0.720. The van der Waals surface area contributed by atoms with Crippen molar-refractivity contribution in [1.29, 1.82) is 0 Å². The summed E-state index contributed by atoms with van der Waals surface area (Å²) in [6, 6.07) is -0.712. The first-order chi connectivity index (χ1) is 27.5. The van der Waals surface area contributed by atoms with Gasteiger partial charge < -0.3 is 20.3 Å². The summed E-state index contributed by atoms with van der Waals surface area (Å²) < 4.78 is 5.88. The van der Waals surface area contributed by atoms with Gasteiger partial charge in [0.2, 0.25) is 5.91 Å². The molecule has 0 bridgehead atoms. The van der Waals surface area contributed by atoms with E-state index in [0.29, 0.717) is 19.3 Å². The molecule has 0 aliphatic carbocycles. The van der Waals surface area contributed by atoms with E-state index in [1.807, 2.05) is 24.3 Å². The van der Waals surface area contributed by atoms with Crippen molar-refractivity contribution in [2.75, 3.05) is 6.61 Å². The van der Waals surface area contributed by atoms with Gasteiger partial charge in [-0.3, -0.25) is 9.59 Å². The lowest BCUT2D eigenvalue weighted by atomic mass is 10.0. The van der Waals surface area contributed by atoms with Crippen molar-refractivity contribution in [3.8, 4) is 0 Å². The van der Waals surface area contributed by atoms with Gasteiger partial charge in [-0.25, -0.2) is 0 Å². The fourth-order valence-electron chi connectivity index (χ4n) is 6.57. The molecule has 6 nitrogen and oxygen atoms in total. The second kappa shape index (κ2) is 43.4. The van der Waals surface area contributed by atoms with Gasteiger partial charge in [-0.1, -0.05) is 196 Å². The molecular formula is C50H87NO5. The first-order valence-corrected chi connectivity index (χ1v) is 23.2. The summed E-state index contributed by atoms with van der Waals surface area (Å²) in [5.41, 5.74) is 0. The van der Waals surface area contributed by atoms with Gasteiger partial charge in [-0.2, -0.15) is 0 Å². The Labute approximate surface area is 345 Å². The number of hydrogen-bond donors (Lipinski definition) is 3. The van der Waals surface area contributed by atoms with Crippen LogP contribution in [-0.2, 0) is 14.3 Å². The predicted octanol–water partition coefficient (Wildman–Crippen LogP) is 13.4. The number of nitrogens with one attached hydrogen (secondary N) is 1. The van der Waals surface area contributed by atoms with E-state index in [9.17, 15) is 19.8 Å². The first-order valence-electron chi connectivity index (χ1n) is 23.2. The van der Waals surface area contributed by atoms with Crippen LogP contribution in [-0.4, -0.2) is 46.9 Å². The van der Waals surface area contributed by atoms with Crippen LogP contribution in [0.5, 0.6) is 0 Å². The van der Waals surface area contributed by atoms with Crippen molar-refractivity contribution in [2.24, 2.45) is 0 Å². The summed E-state index contributed by atoms with van der Waals surface area (Å²) in [6.45, 7) is 6.32. The van der Waals surface area contributed by atoms with Gasteiger partial charge in [0, 0.05) is 6.42 Å². The highest BCUT2D eigenvalue weighted by molar-refractivity contribution is 5.77. The van der Waals surface area contributed by atoms with Gasteiger partial charge in [0.25, 0.3) is 0 Å². The minimum Gasteiger partial charge on any atom is -0.462 e. The summed E-state index contributed by atoms with van der Waals surface area (Å²) >= 11 is 0. The van der Waals surface area contributed by atoms with E-state index in [1.54, 1.807) is 0 Å². The predicted molar refractivity (Wildman–Crippen MR) is 241 cm³/mol. The first kappa shape index (κ1) is 53.3. The van der Waals surface area contributed by atoms with Gasteiger partial charge in [0.15, 0.2) is 0 Å². The smallest absolute Gasteiger partial charge is 0.306 e. The molecule has 0 aromatic heterocycles. The number of hydrogen-bond acceptors (Lipinski definition) is 5. The Morgan fingerprint density at radius 2 is 0.964 bits per heavy atom. The van der Waals surface area contributed by atoms with Crippen molar-refractivity contribution < 1.29 is 24.5 Å². The lowest BCUT2D eigenvalue weighted by molar-refractivity contribution is -0.151. The van der Waals surface area contributed by atoms with Crippen molar-refractivity contribution in [3.63, 3.8) is 0 Å². The number of ether oxygens (including phenoxy) is 1. The molecule has 0 heterocycles. The molecular weight excluding hydrogens is 695 g/mol. The zero-order valence-electron chi connectivity index (χ0n) is 36.5. The highest BCUT2D eigenvalue weighted by Crippen LogP contribution is 2.17. The molecule has 0 fully saturated rings. The molecule has 0 saturated heterocycles. The highest BCUT2D eigenvalue weighted by Gasteiger charge is 2.24. The van der Waals surface area contributed by atoms with Gasteiger partial charge >= 0.3 is 5.97 Å². The van der Waals surface area contributed by atoms with E-state index in [-0.39, 0.29) is 24.9 Å². The summed E-state index contributed by atoms with van der Waals surface area (Å²) in [4.78, 5) is 26.0. The van der Waals surface area contributed by atoms with Crippen molar-refractivity contribution >= 4 is 11.9 Å². The van der Waals surface area contributed by atoms with E-state index >= 15 is 0 Å². The maximum absolute atomic E-state index is 13.1. The van der Waals surface area contributed by atoms with E-state index < -0.39 is 18.2 Å². The lowest BCUT2D eigenvalue weighted by Crippen LogP contribution is -2.46. The van der Waals surface area contributed by atoms with Crippen LogP contribution in [0.1, 0.15) is 207 Å². The third kappa shape index (κ3) is 38.2. The quantitative estimate of drug-likeness (QED) is 0.0249. The number of esters is 1. The molecule has 0 radical (unpaired) electrons. The third-order valence-corrected chi connectivity index (χ3v) is 10.1. The number of carbonyl (C=O) groups is 2. The van der Waals surface area contributed by atoms with Crippen LogP contribution in [0.3, 0.4) is 0 Å². The molecule has 3 N–H and O–H groups in total. The van der Waals surface area contributed by atoms with E-state index in [0.717, 1.165) is 96.3 Å². The third-order valence-electron chi connectivity index (χ3n) is 10.1. The number of unbranched alkanes of at least 4 members (excludes halogenated alkanes) is 20. The summed E-state index contributed by atoms with van der Waals surface area (Å²) in [5, 5.41) is 23.6. The fourth-order valence-corrected chi connectivity index (χ4v) is 6.57. The Morgan fingerprint density at radius 1 is 0.518 bits per heavy atom. The molecule has 0 aliphatic rings. The molecule has 3 atom stereocenters. The lowest BCUT2D eigenvalue weighted by Gasteiger charge is -2.24. The molecule has 1 amide bonds. The van der Waals surface area contributed by atoms with Crippen LogP contribution in [0.25, 0.3) is 0 Å². The van der Waals surface area contributed by atoms with Gasteiger partial charge in [-0.05, 0) is 70.6 Å². The highest BCUT2D eigenvalue weighted by atomic mass is 16.5. The van der Waals surface area contributed by atoms with Crippen LogP contribution in [0.15, 0.2) is 72.9 Å². The number of aliphatic hydroxyl groups is 2. The minimum atomic E-state index is -0.796. The normalized spacial score (nSPS) is 14.0. The molecule has 0 aromatic carbocycles. The molecule has 56 heavy (non-hydrogen) atoms. The van der Waals surface area contributed by atoms with E-state index in [1.165, 1.54) is 64.2 Å². The Morgan fingerprint density at radius 3 is 1.55 bits per heavy atom. The van der Waals surface area contributed by atoms with Crippen LogP contribution in [0.2, 0.25) is 0 Å². The maximum Gasteiger partial charge on any atom is 0.306 e. The SMILES string of the molecule is CCC/C=C/C=C/C=C/C=C/C=C/CCCCCCCC(=O)OC(CCCCC/C=C\CCCCC)CC(=O)NC(CO)C(O)CCCCCCCCCCC. The standard InChI is InChI=1S/C50H87NO5/c1-4-7-10-13-16-19-21-22-23-24-25-26-27-28-31-34-37-40-43-50(55)56-46(41-38-35-32-30-20-17-14-11-8-5-2)44-49(54)51-47(45-52)48(53)42-39-36-33-29-18-15-12-9-6-3/h10,13,16-17,19-26,46-48,52-53H,4-9,11-12,14-15,18,27-45H2,1-3H3,(H,51,54)/b13-10+,19-16+,20-17-,22-21+,24-23+,26-25+. The minimum absolute atomic E-state index is 0.0527. The largest absolute Gasteiger partial charge is 0.462 e. The average molecular weight is 782 g/mol. The molecule has 0 aromatic rings. The van der Waals surface area contributed by atoms with Gasteiger partial charge in [0.05, 0.1) is 25.2 Å². The molecule has 6 heteroatoms. The second-order valence-corrected chi connectivity index (χ2v) is 15.6. The number of amides is 1. The summed E-state index contributed by atoms with van der Waals surface area (Å²) in [7, 11) is 0. The maximum atomic E-state index is 13.1. The molecule has 0 saturated carbocycles. The second-order valence-electron chi connectivity index (χ2n) is 15.6. The monoisotopic (exact) mass is 782 g/mol. The molecule has 0 rings (SSSR count). The van der Waals surface area contributed by atoms with Crippen LogP contribution < -0.4 is 5.32 Å². The molecule has 3 unspecified atom stereocenters. The van der Waals surface area contributed by atoms with Crippen molar-refractivity contribution in [1.82, 2.24) is 5.32 Å². The Hall–Kier alpha value is -2.70. The van der Waals surface area contributed by atoms with Crippen molar-refractivity contribution in [3.05, 3.63) is 72.9 Å². The van der Waals surface area contributed by atoms with Gasteiger partial charge in [0.1, 0.15) is 6.10 Å². The van der Waals surface area contributed by atoms with Gasteiger partial charge in [-0.15, -0.1) is 0 Å². The number of carbonyl (C=O) groups excluding carboxylic acids is 2. The van der Waals surface area contributed by atoms with E-state index in [4.69, 9.17) is 4.74 Å². The van der Waals surface area contributed by atoms with Crippen molar-refractivity contribution in [2.45, 2.75) is 225 Å². The average Bonchev–Trinajstić information content (AvgIpc) is 3.19. The molecule has 0 spiro atoms. The topological polar surface area (TPSA) is 95.9 Å². The Kier molecular flexibility index (Phi) is 41.3. The summed E-state index contributed by atoms with van der Waals surface area (Å²) in [6.07, 6.45) is 53.9. The van der Waals surface area contributed by atoms with Crippen LogP contribution in [0, 0.1) is 0 Å². The van der Waals surface area contributed by atoms with Crippen LogP contribution in [0.4, 0.5) is 0 Å². The van der Waals surface area contributed by atoms with Crippen LogP contribution >= 0.6 is 0 Å². The number of rotatable bonds is 40. The zero-order valence-corrected chi connectivity index (χ0v) is 36.5. The number of allylic oxidation sites excluding steroid dienone is 12. The Bertz CT molecular complexity index is 1060. The molecule has 322 valence electrons. The van der Waals surface area contributed by atoms with E-state index in [2.05, 4.69) is 74.7 Å².